The lowest BCUT2D eigenvalue weighted by Crippen LogP contribution is -2.23. The van der Waals surface area contributed by atoms with E-state index in [1.165, 1.54) is 0 Å². The topological polar surface area (TPSA) is 112 Å². The fraction of sp³-hybridized carbons (Fsp3) is 0.0952. The Kier molecular flexibility index (Phi) is 4.02. The maximum Gasteiger partial charge on any atom is 0.257 e. The molecular weight excluding hydrogens is 370 g/mol. The van der Waals surface area contributed by atoms with Gasteiger partial charge in [0.05, 0.1) is 36.6 Å². The van der Waals surface area contributed by atoms with Crippen LogP contribution in [-0.2, 0) is 13.1 Å². The maximum absolute atomic E-state index is 13.0. The summed E-state index contributed by atoms with van der Waals surface area (Å²) in [6.45, 7) is 0.588. The van der Waals surface area contributed by atoms with Gasteiger partial charge in [0.25, 0.3) is 5.91 Å². The summed E-state index contributed by atoms with van der Waals surface area (Å²) in [5.41, 5.74) is 9.08. The van der Waals surface area contributed by atoms with Crippen molar-refractivity contribution in [2.75, 3.05) is 5.73 Å². The Morgan fingerprint density at radius 2 is 1.66 bits per heavy atom. The quantitative estimate of drug-likeness (QED) is 0.478. The van der Waals surface area contributed by atoms with Crippen LogP contribution in [0.25, 0.3) is 22.2 Å². The van der Waals surface area contributed by atoms with Gasteiger partial charge in [0, 0.05) is 0 Å². The predicted octanol–water partition coefficient (Wildman–Crippen LogP) is 3.33. The van der Waals surface area contributed by atoms with E-state index in [2.05, 4.69) is 10.3 Å². The Bertz CT molecular complexity index is 1300. The number of hydrogen-bond donors (Lipinski definition) is 2. The number of rotatable bonds is 5. The summed E-state index contributed by atoms with van der Waals surface area (Å²) in [5, 5.41) is 2.84. The molecule has 0 aliphatic heterocycles. The Hall–Kier alpha value is -4.07. The third-order valence-corrected chi connectivity index (χ3v) is 4.72. The van der Waals surface area contributed by atoms with Crippen molar-refractivity contribution in [1.29, 1.82) is 0 Å². The number of hydrogen-bond acceptors (Lipinski definition) is 6. The molecular formula is C21H17N5O3. The average Bonchev–Trinajstić information content (AvgIpc) is 3.48. The van der Waals surface area contributed by atoms with Gasteiger partial charge in [-0.2, -0.15) is 0 Å². The average molecular weight is 387 g/mol. The molecule has 0 saturated heterocycles. The fourth-order valence-electron chi connectivity index (χ4n) is 3.33. The number of aromatic nitrogens is 3. The van der Waals surface area contributed by atoms with E-state index in [-0.39, 0.29) is 23.8 Å². The zero-order chi connectivity index (χ0) is 19.8. The molecule has 144 valence electrons. The molecule has 3 N–H and O–H groups in total. The summed E-state index contributed by atoms with van der Waals surface area (Å²) in [4.78, 5) is 22.4. The second kappa shape index (κ2) is 6.83. The Morgan fingerprint density at radius 1 is 0.966 bits per heavy atom. The lowest BCUT2D eigenvalue weighted by Gasteiger charge is -2.06. The molecule has 1 aromatic carbocycles. The molecule has 0 unspecified atom stereocenters. The van der Waals surface area contributed by atoms with Crippen molar-refractivity contribution in [2.24, 2.45) is 0 Å². The van der Waals surface area contributed by atoms with E-state index < -0.39 is 0 Å². The van der Waals surface area contributed by atoms with Crippen LogP contribution in [0, 0.1) is 0 Å². The standard InChI is InChI=1S/C21H17N5O3/c22-19-17(21(27)23-11-13-5-3-9-28-13)18-20(26(19)12-14-6-4-10-29-14)25-16-8-2-1-7-15(16)24-18/h1-10H,11-12,22H2,(H,23,27). The van der Waals surface area contributed by atoms with Gasteiger partial charge in [0.2, 0.25) is 0 Å². The highest BCUT2D eigenvalue weighted by atomic mass is 16.3. The number of anilines is 1. The molecule has 5 aromatic rings. The molecule has 1 amide bonds. The number of amides is 1. The maximum atomic E-state index is 13.0. The van der Waals surface area contributed by atoms with Gasteiger partial charge in [0.1, 0.15) is 28.4 Å². The zero-order valence-corrected chi connectivity index (χ0v) is 15.3. The molecule has 5 rings (SSSR count). The van der Waals surface area contributed by atoms with E-state index >= 15 is 0 Å². The number of furan rings is 2. The van der Waals surface area contributed by atoms with Crippen LogP contribution in [0.1, 0.15) is 21.9 Å². The van der Waals surface area contributed by atoms with E-state index in [1.54, 1.807) is 35.3 Å². The Morgan fingerprint density at radius 3 is 2.34 bits per heavy atom. The number of carbonyl (C=O) groups is 1. The van der Waals surface area contributed by atoms with Gasteiger partial charge in [-0.25, -0.2) is 9.97 Å². The van der Waals surface area contributed by atoms with Crippen molar-refractivity contribution in [1.82, 2.24) is 19.9 Å². The number of fused-ring (bicyclic) bond motifs is 2. The van der Waals surface area contributed by atoms with Gasteiger partial charge < -0.3 is 24.5 Å². The van der Waals surface area contributed by atoms with E-state index in [4.69, 9.17) is 19.6 Å². The molecule has 0 atom stereocenters. The van der Waals surface area contributed by atoms with Gasteiger partial charge in [-0.3, -0.25) is 4.79 Å². The van der Waals surface area contributed by atoms with E-state index in [1.807, 2.05) is 30.3 Å². The molecule has 29 heavy (non-hydrogen) atoms. The summed E-state index contributed by atoms with van der Waals surface area (Å²) in [7, 11) is 0. The third kappa shape index (κ3) is 3.00. The minimum Gasteiger partial charge on any atom is -0.467 e. The number of nitrogens with zero attached hydrogens (tertiary/aromatic N) is 3. The molecule has 4 aromatic heterocycles. The monoisotopic (exact) mass is 387 g/mol. The lowest BCUT2D eigenvalue weighted by molar-refractivity contribution is 0.0950. The highest BCUT2D eigenvalue weighted by Gasteiger charge is 2.24. The molecule has 0 bridgehead atoms. The van der Waals surface area contributed by atoms with Crippen molar-refractivity contribution in [3.8, 4) is 0 Å². The third-order valence-electron chi connectivity index (χ3n) is 4.72. The summed E-state index contributed by atoms with van der Waals surface area (Å²) in [6, 6.07) is 14.7. The van der Waals surface area contributed by atoms with Crippen LogP contribution in [0.2, 0.25) is 0 Å². The van der Waals surface area contributed by atoms with Gasteiger partial charge in [0.15, 0.2) is 5.65 Å². The first-order valence-electron chi connectivity index (χ1n) is 9.08. The second-order valence-electron chi connectivity index (χ2n) is 6.57. The first-order chi connectivity index (χ1) is 14.2. The zero-order valence-electron chi connectivity index (χ0n) is 15.3. The highest BCUT2D eigenvalue weighted by molar-refractivity contribution is 6.10. The van der Waals surface area contributed by atoms with Gasteiger partial charge in [-0.15, -0.1) is 0 Å². The van der Waals surface area contributed by atoms with Crippen molar-refractivity contribution in [3.05, 3.63) is 78.1 Å². The van der Waals surface area contributed by atoms with Gasteiger partial charge in [-0.1, -0.05) is 12.1 Å². The highest BCUT2D eigenvalue weighted by Crippen LogP contribution is 2.28. The fourth-order valence-corrected chi connectivity index (χ4v) is 3.33. The number of nitrogens with two attached hydrogens (primary N) is 1. The predicted molar refractivity (Wildman–Crippen MR) is 107 cm³/mol. The van der Waals surface area contributed by atoms with E-state index in [0.717, 1.165) is 5.52 Å². The molecule has 0 saturated carbocycles. The molecule has 0 spiro atoms. The first kappa shape index (κ1) is 17.1. The summed E-state index contributed by atoms with van der Waals surface area (Å²) >= 11 is 0. The van der Waals surface area contributed by atoms with Crippen molar-refractivity contribution < 1.29 is 13.6 Å². The largest absolute Gasteiger partial charge is 0.467 e. The summed E-state index contributed by atoms with van der Waals surface area (Å²) in [5.74, 6) is 1.29. The number of nitrogens with one attached hydrogen (secondary N) is 1. The minimum atomic E-state index is -0.341. The van der Waals surface area contributed by atoms with Gasteiger partial charge >= 0.3 is 0 Å². The molecule has 8 heteroatoms. The van der Waals surface area contributed by atoms with Crippen LogP contribution >= 0.6 is 0 Å². The van der Waals surface area contributed by atoms with Crippen LogP contribution in [0.15, 0.2) is 69.9 Å². The van der Waals surface area contributed by atoms with Crippen molar-refractivity contribution >= 4 is 33.9 Å². The normalized spacial score (nSPS) is 11.3. The Labute approximate surface area is 165 Å². The van der Waals surface area contributed by atoms with Crippen molar-refractivity contribution in [3.63, 3.8) is 0 Å². The van der Waals surface area contributed by atoms with Crippen LogP contribution in [0.3, 0.4) is 0 Å². The van der Waals surface area contributed by atoms with Crippen LogP contribution in [0.5, 0.6) is 0 Å². The summed E-state index contributed by atoms with van der Waals surface area (Å²) < 4.78 is 12.5. The van der Waals surface area contributed by atoms with Crippen LogP contribution in [0.4, 0.5) is 5.82 Å². The number of para-hydroxylation sites is 2. The number of nitrogen functional groups attached to an aromatic ring is 1. The molecule has 4 heterocycles. The SMILES string of the molecule is Nc1c(C(=O)NCc2ccco2)c2nc3ccccc3nc2n1Cc1ccco1. The van der Waals surface area contributed by atoms with Crippen LogP contribution in [-0.4, -0.2) is 20.4 Å². The van der Waals surface area contributed by atoms with E-state index in [9.17, 15) is 4.79 Å². The molecule has 0 aliphatic carbocycles. The van der Waals surface area contributed by atoms with Gasteiger partial charge in [-0.05, 0) is 36.4 Å². The smallest absolute Gasteiger partial charge is 0.257 e. The number of carbonyl (C=O) groups excluding carboxylic acids is 1. The van der Waals surface area contributed by atoms with Crippen LogP contribution < -0.4 is 11.1 Å². The molecule has 0 radical (unpaired) electrons. The summed E-state index contributed by atoms with van der Waals surface area (Å²) in [6.07, 6.45) is 3.15. The van der Waals surface area contributed by atoms with E-state index in [0.29, 0.717) is 34.7 Å². The molecule has 0 fully saturated rings. The minimum absolute atomic E-state index is 0.247. The Balaban J connectivity index is 1.64. The molecule has 0 aliphatic rings. The first-order valence-corrected chi connectivity index (χ1v) is 9.08. The second-order valence-corrected chi connectivity index (χ2v) is 6.57. The molecule has 8 nitrogen and oxygen atoms in total. The number of benzene rings is 1. The van der Waals surface area contributed by atoms with Crippen molar-refractivity contribution in [2.45, 2.75) is 13.1 Å². The lowest BCUT2D eigenvalue weighted by atomic mass is 10.2.